The molecule has 0 bridgehead atoms. The molecule has 106 valence electrons. The zero-order chi connectivity index (χ0) is 14.4. The van der Waals surface area contributed by atoms with Crippen molar-refractivity contribution in [2.24, 2.45) is 5.92 Å². The highest BCUT2D eigenvalue weighted by atomic mass is 35.5. The SMILES string of the molecule is C[C@H](O)CCN(C)C(=O)[C@@H](C)Cc1ccccc1Cl. The largest absolute Gasteiger partial charge is 0.393 e. The average Bonchev–Trinajstić information content (AvgIpc) is 2.37. The van der Waals surface area contributed by atoms with E-state index in [0.29, 0.717) is 24.4 Å². The first-order valence-corrected chi connectivity index (χ1v) is 6.96. The summed E-state index contributed by atoms with van der Waals surface area (Å²) in [6.07, 6.45) is 0.854. The van der Waals surface area contributed by atoms with Crippen molar-refractivity contribution >= 4 is 17.5 Å². The minimum atomic E-state index is -0.380. The van der Waals surface area contributed by atoms with E-state index in [9.17, 15) is 9.90 Å². The van der Waals surface area contributed by atoms with Gasteiger partial charge >= 0.3 is 0 Å². The number of hydrogen-bond acceptors (Lipinski definition) is 2. The van der Waals surface area contributed by atoms with Crippen molar-refractivity contribution in [1.82, 2.24) is 4.90 Å². The fourth-order valence-corrected chi connectivity index (χ4v) is 2.16. The smallest absolute Gasteiger partial charge is 0.225 e. The number of halogens is 1. The lowest BCUT2D eigenvalue weighted by Crippen LogP contribution is -2.34. The number of aliphatic hydroxyl groups is 1. The maximum atomic E-state index is 12.2. The van der Waals surface area contributed by atoms with Crippen LogP contribution in [0.25, 0.3) is 0 Å². The Balaban J connectivity index is 2.55. The third kappa shape index (κ3) is 5.21. The van der Waals surface area contributed by atoms with Gasteiger partial charge in [0.2, 0.25) is 5.91 Å². The van der Waals surface area contributed by atoms with E-state index in [1.165, 1.54) is 0 Å². The molecular formula is C15H22ClNO2. The topological polar surface area (TPSA) is 40.5 Å². The van der Waals surface area contributed by atoms with Crippen molar-refractivity contribution < 1.29 is 9.90 Å². The number of carbonyl (C=O) groups is 1. The highest BCUT2D eigenvalue weighted by Crippen LogP contribution is 2.19. The molecule has 0 unspecified atom stereocenters. The second kappa shape index (κ2) is 7.51. The molecule has 1 aromatic rings. The first-order valence-electron chi connectivity index (χ1n) is 6.58. The zero-order valence-electron chi connectivity index (χ0n) is 11.8. The Bertz CT molecular complexity index is 420. The Morgan fingerprint density at radius 1 is 1.37 bits per heavy atom. The van der Waals surface area contributed by atoms with Crippen LogP contribution in [0.2, 0.25) is 5.02 Å². The van der Waals surface area contributed by atoms with Gasteiger partial charge in [-0.1, -0.05) is 36.7 Å². The zero-order valence-corrected chi connectivity index (χ0v) is 12.5. The Labute approximate surface area is 120 Å². The van der Waals surface area contributed by atoms with Gasteiger partial charge in [-0.3, -0.25) is 4.79 Å². The summed E-state index contributed by atoms with van der Waals surface area (Å²) in [5.74, 6) is -0.0283. The number of carbonyl (C=O) groups excluding carboxylic acids is 1. The molecule has 0 saturated heterocycles. The lowest BCUT2D eigenvalue weighted by Gasteiger charge is -2.22. The minimum absolute atomic E-state index is 0.0839. The first kappa shape index (κ1) is 16.0. The van der Waals surface area contributed by atoms with Gasteiger partial charge in [0, 0.05) is 24.5 Å². The molecule has 0 fully saturated rings. The number of aliphatic hydroxyl groups excluding tert-OH is 1. The van der Waals surface area contributed by atoms with E-state index in [1.807, 2.05) is 31.2 Å². The summed E-state index contributed by atoms with van der Waals surface area (Å²) >= 11 is 6.10. The van der Waals surface area contributed by atoms with Gasteiger partial charge in [0.1, 0.15) is 0 Å². The van der Waals surface area contributed by atoms with Crippen LogP contribution in [-0.2, 0) is 11.2 Å². The number of nitrogens with zero attached hydrogens (tertiary/aromatic N) is 1. The van der Waals surface area contributed by atoms with Crippen molar-refractivity contribution in [2.45, 2.75) is 32.8 Å². The van der Waals surface area contributed by atoms with Gasteiger partial charge in [0.25, 0.3) is 0 Å². The van der Waals surface area contributed by atoms with E-state index >= 15 is 0 Å². The molecule has 2 atom stereocenters. The van der Waals surface area contributed by atoms with Gasteiger partial charge < -0.3 is 10.0 Å². The van der Waals surface area contributed by atoms with Crippen LogP contribution in [0.4, 0.5) is 0 Å². The predicted octanol–water partition coefficient (Wildman–Crippen LogP) is 2.75. The molecule has 0 spiro atoms. The molecule has 4 heteroatoms. The number of benzene rings is 1. The van der Waals surface area contributed by atoms with Crippen LogP contribution >= 0.6 is 11.6 Å². The summed E-state index contributed by atoms with van der Waals surface area (Å²) in [5.41, 5.74) is 0.994. The van der Waals surface area contributed by atoms with E-state index in [2.05, 4.69) is 0 Å². The van der Waals surface area contributed by atoms with Crippen molar-refractivity contribution in [2.75, 3.05) is 13.6 Å². The van der Waals surface area contributed by atoms with Crippen molar-refractivity contribution in [1.29, 1.82) is 0 Å². The summed E-state index contributed by atoms with van der Waals surface area (Å²) in [7, 11) is 1.77. The van der Waals surface area contributed by atoms with E-state index in [4.69, 9.17) is 11.6 Å². The molecule has 0 radical (unpaired) electrons. The standard InChI is InChI=1S/C15H22ClNO2/c1-11(10-13-6-4-5-7-14(13)16)15(19)17(3)9-8-12(2)18/h4-7,11-12,18H,8-10H2,1-3H3/t11-,12-/m0/s1. The summed E-state index contributed by atoms with van der Waals surface area (Å²) in [6.45, 7) is 4.21. The maximum absolute atomic E-state index is 12.2. The Hall–Kier alpha value is -1.06. The fraction of sp³-hybridized carbons (Fsp3) is 0.533. The van der Waals surface area contributed by atoms with E-state index < -0.39 is 0 Å². The van der Waals surface area contributed by atoms with Crippen molar-refractivity contribution in [3.05, 3.63) is 34.9 Å². The predicted molar refractivity (Wildman–Crippen MR) is 78.3 cm³/mol. The second-order valence-corrected chi connectivity index (χ2v) is 5.50. The second-order valence-electron chi connectivity index (χ2n) is 5.09. The van der Waals surface area contributed by atoms with E-state index in [0.717, 1.165) is 5.56 Å². The van der Waals surface area contributed by atoms with Gasteiger partial charge in [-0.25, -0.2) is 0 Å². The van der Waals surface area contributed by atoms with Crippen molar-refractivity contribution in [3.8, 4) is 0 Å². The molecule has 1 aromatic carbocycles. The van der Waals surface area contributed by atoms with E-state index in [1.54, 1.807) is 18.9 Å². The molecule has 1 rings (SSSR count). The monoisotopic (exact) mass is 283 g/mol. The van der Waals surface area contributed by atoms with Gasteiger partial charge in [-0.2, -0.15) is 0 Å². The number of hydrogen-bond donors (Lipinski definition) is 1. The molecule has 19 heavy (non-hydrogen) atoms. The normalized spacial score (nSPS) is 13.9. The van der Waals surface area contributed by atoms with Gasteiger partial charge in [-0.15, -0.1) is 0 Å². The highest BCUT2D eigenvalue weighted by molar-refractivity contribution is 6.31. The fourth-order valence-electron chi connectivity index (χ4n) is 1.95. The van der Waals surface area contributed by atoms with Crippen LogP contribution in [0.3, 0.4) is 0 Å². The van der Waals surface area contributed by atoms with Crippen LogP contribution < -0.4 is 0 Å². The average molecular weight is 284 g/mol. The number of amides is 1. The first-order chi connectivity index (χ1) is 8.91. The summed E-state index contributed by atoms with van der Waals surface area (Å²) in [6, 6.07) is 7.59. The maximum Gasteiger partial charge on any atom is 0.225 e. The molecule has 1 amide bonds. The van der Waals surface area contributed by atoms with Crippen molar-refractivity contribution in [3.63, 3.8) is 0 Å². The third-order valence-corrected chi connectivity index (χ3v) is 3.53. The quantitative estimate of drug-likeness (QED) is 0.872. The van der Waals surface area contributed by atoms with E-state index in [-0.39, 0.29) is 17.9 Å². The Kier molecular flexibility index (Phi) is 6.32. The molecule has 0 saturated carbocycles. The summed E-state index contributed by atoms with van der Waals surface area (Å²) in [4.78, 5) is 13.8. The van der Waals surface area contributed by atoms with Crippen LogP contribution in [0.1, 0.15) is 25.8 Å². The van der Waals surface area contributed by atoms with Crippen LogP contribution in [0.5, 0.6) is 0 Å². The van der Waals surface area contributed by atoms with Gasteiger partial charge in [-0.05, 0) is 31.4 Å². The van der Waals surface area contributed by atoms with Gasteiger partial charge in [0.15, 0.2) is 0 Å². The molecule has 0 aliphatic heterocycles. The third-order valence-electron chi connectivity index (χ3n) is 3.16. The lowest BCUT2D eigenvalue weighted by molar-refractivity contribution is -0.133. The molecule has 0 aromatic heterocycles. The summed E-state index contributed by atoms with van der Waals surface area (Å²) in [5, 5.41) is 9.94. The molecule has 3 nitrogen and oxygen atoms in total. The minimum Gasteiger partial charge on any atom is -0.393 e. The Morgan fingerprint density at radius 2 is 2.00 bits per heavy atom. The van der Waals surface area contributed by atoms with Crippen LogP contribution in [0, 0.1) is 5.92 Å². The van der Waals surface area contributed by atoms with Crippen LogP contribution in [-0.4, -0.2) is 35.6 Å². The Morgan fingerprint density at radius 3 is 2.58 bits per heavy atom. The molecule has 0 aliphatic rings. The molecule has 0 heterocycles. The highest BCUT2D eigenvalue weighted by Gasteiger charge is 2.18. The summed E-state index contributed by atoms with van der Waals surface area (Å²) < 4.78 is 0. The molecule has 1 N–H and O–H groups in total. The number of rotatable bonds is 6. The molecule has 0 aliphatic carbocycles. The lowest BCUT2D eigenvalue weighted by atomic mass is 10.00. The van der Waals surface area contributed by atoms with Crippen LogP contribution in [0.15, 0.2) is 24.3 Å². The molecular weight excluding hydrogens is 262 g/mol. The van der Waals surface area contributed by atoms with Gasteiger partial charge in [0.05, 0.1) is 6.10 Å².